The zero-order valence-electron chi connectivity index (χ0n) is 11.6. The maximum atomic E-state index is 6.04. The summed E-state index contributed by atoms with van der Waals surface area (Å²) in [4.78, 5) is 0. The van der Waals surface area contributed by atoms with E-state index < -0.39 is 0 Å². The van der Waals surface area contributed by atoms with Crippen LogP contribution in [-0.4, -0.2) is 0 Å². The van der Waals surface area contributed by atoms with Crippen LogP contribution < -0.4 is 17.0 Å². The lowest BCUT2D eigenvalue weighted by Gasteiger charge is -2.09. The van der Waals surface area contributed by atoms with Crippen molar-refractivity contribution in [2.75, 3.05) is 0 Å². The monoisotopic (exact) mass is 265 g/mol. The number of allylic oxidation sites excluding steroid dienone is 1. The van der Waals surface area contributed by atoms with Crippen molar-refractivity contribution in [2.24, 2.45) is 11.6 Å². The van der Waals surface area contributed by atoms with Crippen molar-refractivity contribution in [3.8, 4) is 11.1 Å². The van der Waals surface area contributed by atoms with E-state index in [4.69, 9.17) is 11.6 Å². The van der Waals surface area contributed by atoms with Crippen LogP contribution in [-0.2, 0) is 0 Å². The normalized spacial score (nSPS) is 11.7. The SMILES string of the molecule is C=C/C(NN)=C(/N)c1ccc(-c2cccc(C)c2)cc1. The van der Waals surface area contributed by atoms with Crippen LogP contribution in [0.4, 0.5) is 0 Å². The van der Waals surface area contributed by atoms with Crippen molar-refractivity contribution in [1.82, 2.24) is 5.43 Å². The molecule has 0 aliphatic carbocycles. The van der Waals surface area contributed by atoms with Gasteiger partial charge in [-0.3, -0.25) is 5.84 Å². The van der Waals surface area contributed by atoms with E-state index in [1.165, 1.54) is 11.1 Å². The molecule has 0 radical (unpaired) electrons. The highest BCUT2D eigenvalue weighted by atomic mass is 15.2. The summed E-state index contributed by atoms with van der Waals surface area (Å²) >= 11 is 0. The van der Waals surface area contributed by atoms with E-state index in [-0.39, 0.29) is 0 Å². The molecule has 0 heterocycles. The highest BCUT2D eigenvalue weighted by Crippen LogP contribution is 2.22. The molecule has 0 bridgehead atoms. The molecule has 2 aromatic rings. The van der Waals surface area contributed by atoms with Crippen LogP contribution in [0.25, 0.3) is 16.8 Å². The number of benzene rings is 2. The second kappa shape index (κ2) is 6.08. The fourth-order valence-corrected chi connectivity index (χ4v) is 2.07. The summed E-state index contributed by atoms with van der Waals surface area (Å²) in [5, 5.41) is 0. The Labute approximate surface area is 119 Å². The summed E-state index contributed by atoms with van der Waals surface area (Å²) < 4.78 is 0. The third kappa shape index (κ3) is 2.90. The molecule has 3 heteroatoms. The molecular formula is C17H19N3. The van der Waals surface area contributed by atoms with Gasteiger partial charge in [-0.1, -0.05) is 60.7 Å². The van der Waals surface area contributed by atoms with E-state index in [0.29, 0.717) is 11.4 Å². The minimum atomic E-state index is 0.582. The Kier molecular flexibility index (Phi) is 4.23. The largest absolute Gasteiger partial charge is 0.397 e. The van der Waals surface area contributed by atoms with Gasteiger partial charge in [0.05, 0.1) is 11.4 Å². The van der Waals surface area contributed by atoms with E-state index in [2.05, 4.69) is 43.2 Å². The molecule has 0 spiro atoms. The number of hydrogen-bond donors (Lipinski definition) is 3. The van der Waals surface area contributed by atoms with Gasteiger partial charge in [0, 0.05) is 0 Å². The van der Waals surface area contributed by atoms with Gasteiger partial charge >= 0.3 is 0 Å². The minimum Gasteiger partial charge on any atom is -0.397 e. The first-order valence-corrected chi connectivity index (χ1v) is 6.42. The summed E-state index contributed by atoms with van der Waals surface area (Å²) in [6.07, 6.45) is 1.60. The molecule has 5 N–H and O–H groups in total. The average molecular weight is 265 g/mol. The maximum absolute atomic E-state index is 6.04. The van der Waals surface area contributed by atoms with Crippen molar-refractivity contribution in [2.45, 2.75) is 6.92 Å². The first-order valence-electron chi connectivity index (χ1n) is 6.42. The predicted molar refractivity (Wildman–Crippen MR) is 85.2 cm³/mol. The summed E-state index contributed by atoms with van der Waals surface area (Å²) in [5.41, 5.74) is 14.3. The molecular weight excluding hydrogens is 246 g/mol. The lowest BCUT2D eigenvalue weighted by atomic mass is 10.0. The first-order chi connectivity index (χ1) is 9.65. The molecule has 0 saturated carbocycles. The fourth-order valence-electron chi connectivity index (χ4n) is 2.07. The zero-order valence-corrected chi connectivity index (χ0v) is 11.6. The van der Waals surface area contributed by atoms with Crippen LogP contribution in [0.3, 0.4) is 0 Å². The first kappa shape index (κ1) is 13.9. The molecule has 0 fully saturated rings. The zero-order chi connectivity index (χ0) is 14.5. The van der Waals surface area contributed by atoms with Crippen LogP contribution in [0.1, 0.15) is 11.1 Å². The van der Waals surface area contributed by atoms with Gasteiger partial charge in [-0.15, -0.1) is 0 Å². The second-order valence-corrected chi connectivity index (χ2v) is 4.62. The van der Waals surface area contributed by atoms with E-state index in [0.717, 1.165) is 11.1 Å². The summed E-state index contributed by atoms with van der Waals surface area (Å²) in [6, 6.07) is 16.5. The van der Waals surface area contributed by atoms with Crippen molar-refractivity contribution < 1.29 is 0 Å². The van der Waals surface area contributed by atoms with Crippen molar-refractivity contribution >= 4 is 5.70 Å². The number of nitrogens with one attached hydrogen (secondary N) is 1. The van der Waals surface area contributed by atoms with Crippen molar-refractivity contribution in [3.05, 3.63) is 78.0 Å². The number of hydrazine groups is 1. The van der Waals surface area contributed by atoms with E-state index in [1.54, 1.807) is 6.08 Å². The van der Waals surface area contributed by atoms with E-state index in [1.807, 2.05) is 24.3 Å². The number of aryl methyl sites for hydroxylation is 1. The highest BCUT2D eigenvalue weighted by molar-refractivity contribution is 5.71. The minimum absolute atomic E-state index is 0.582. The van der Waals surface area contributed by atoms with Gasteiger partial charge < -0.3 is 11.2 Å². The highest BCUT2D eigenvalue weighted by Gasteiger charge is 2.03. The van der Waals surface area contributed by atoms with Crippen LogP contribution in [0, 0.1) is 6.92 Å². The van der Waals surface area contributed by atoms with Gasteiger partial charge in [0.2, 0.25) is 0 Å². The fraction of sp³-hybridized carbons (Fsp3) is 0.0588. The molecule has 0 aromatic heterocycles. The summed E-state index contributed by atoms with van der Waals surface area (Å²) in [7, 11) is 0. The lowest BCUT2D eigenvalue weighted by Crippen LogP contribution is -2.23. The Morgan fingerprint density at radius 3 is 2.35 bits per heavy atom. The topological polar surface area (TPSA) is 64.1 Å². The second-order valence-electron chi connectivity index (χ2n) is 4.62. The Morgan fingerprint density at radius 2 is 1.80 bits per heavy atom. The summed E-state index contributed by atoms with van der Waals surface area (Å²) in [5.74, 6) is 5.40. The quantitative estimate of drug-likeness (QED) is 0.452. The maximum Gasteiger partial charge on any atom is 0.0716 e. The smallest absolute Gasteiger partial charge is 0.0716 e. The van der Waals surface area contributed by atoms with Gasteiger partial charge in [-0.05, 0) is 29.7 Å². The molecule has 2 rings (SSSR count). The Bertz CT molecular complexity index is 640. The molecule has 0 saturated heterocycles. The van der Waals surface area contributed by atoms with Gasteiger partial charge in [-0.25, -0.2) is 0 Å². The molecule has 0 aliphatic heterocycles. The van der Waals surface area contributed by atoms with Crippen LogP contribution in [0.5, 0.6) is 0 Å². The number of nitrogens with two attached hydrogens (primary N) is 2. The third-order valence-electron chi connectivity index (χ3n) is 3.20. The van der Waals surface area contributed by atoms with Gasteiger partial charge in [-0.2, -0.15) is 0 Å². The number of hydrogen-bond acceptors (Lipinski definition) is 3. The van der Waals surface area contributed by atoms with Gasteiger partial charge in [0.15, 0.2) is 0 Å². The molecule has 3 nitrogen and oxygen atoms in total. The molecule has 0 unspecified atom stereocenters. The standard InChI is InChI=1S/C17H19N3/c1-3-16(20-19)17(18)14-9-7-13(8-10-14)15-6-4-5-12(2)11-15/h3-11,20H,1,18-19H2,2H3/b17-16-. The summed E-state index contributed by atoms with van der Waals surface area (Å²) in [6.45, 7) is 5.76. The Balaban J connectivity index is 2.36. The molecule has 0 atom stereocenters. The van der Waals surface area contributed by atoms with Crippen LogP contribution >= 0.6 is 0 Å². The van der Waals surface area contributed by atoms with Crippen LogP contribution in [0.15, 0.2) is 66.9 Å². The average Bonchev–Trinajstić information content (AvgIpc) is 2.48. The molecule has 0 amide bonds. The predicted octanol–water partition coefficient (Wildman–Crippen LogP) is 2.94. The van der Waals surface area contributed by atoms with Crippen LogP contribution in [0.2, 0.25) is 0 Å². The number of rotatable bonds is 4. The van der Waals surface area contributed by atoms with E-state index >= 15 is 0 Å². The third-order valence-corrected chi connectivity index (χ3v) is 3.20. The van der Waals surface area contributed by atoms with Gasteiger partial charge in [0.1, 0.15) is 0 Å². The Morgan fingerprint density at radius 1 is 1.10 bits per heavy atom. The van der Waals surface area contributed by atoms with Gasteiger partial charge in [0.25, 0.3) is 0 Å². The van der Waals surface area contributed by atoms with E-state index in [9.17, 15) is 0 Å². The van der Waals surface area contributed by atoms with Crippen molar-refractivity contribution in [1.29, 1.82) is 0 Å². The van der Waals surface area contributed by atoms with Crippen molar-refractivity contribution in [3.63, 3.8) is 0 Å². The molecule has 20 heavy (non-hydrogen) atoms. The lowest BCUT2D eigenvalue weighted by molar-refractivity contribution is 0.917. The molecule has 2 aromatic carbocycles. The Hall–Kier alpha value is -2.52. The molecule has 102 valence electrons. The molecule has 0 aliphatic rings.